The van der Waals surface area contributed by atoms with Crippen LogP contribution in [-0.4, -0.2) is 42.7 Å². The average Bonchev–Trinajstić information content (AvgIpc) is 2.93. The van der Waals surface area contributed by atoms with Crippen LogP contribution in [0.2, 0.25) is 0 Å². The molecular weight excluding hydrogens is 254 g/mol. The molecule has 2 atom stereocenters. The van der Waals surface area contributed by atoms with Crippen molar-refractivity contribution in [3.63, 3.8) is 0 Å². The Kier molecular flexibility index (Phi) is 4.46. The molecule has 0 spiro atoms. The smallest absolute Gasteiger partial charge is 0.0507 e. The first-order valence-corrected chi connectivity index (χ1v) is 8.44. The van der Waals surface area contributed by atoms with Gasteiger partial charge in [-0.25, -0.2) is 0 Å². The average molecular weight is 277 g/mol. The number of hydrogen-bond acceptors (Lipinski definition) is 3. The largest absolute Gasteiger partial charge is 0.381 e. The van der Waals surface area contributed by atoms with E-state index in [2.05, 4.69) is 47.9 Å². The summed E-state index contributed by atoms with van der Waals surface area (Å²) in [5.74, 6) is 3.25. The van der Waals surface area contributed by atoms with Crippen LogP contribution in [0.3, 0.4) is 0 Å². The summed E-state index contributed by atoms with van der Waals surface area (Å²) in [5, 5.41) is 0. The lowest BCUT2D eigenvalue weighted by molar-refractivity contribution is 0.152. The summed E-state index contributed by atoms with van der Waals surface area (Å²) < 4.78 is 5.52. The van der Waals surface area contributed by atoms with Gasteiger partial charge < -0.3 is 4.74 Å². The number of aryl methyl sites for hydroxylation is 1. The summed E-state index contributed by atoms with van der Waals surface area (Å²) in [6.45, 7) is 6.51. The highest BCUT2D eigenvalue weighted by molar-refractivity contribution is 7.99. The van der Waals surface area contributed by atoms with Crippen LogP contribution in [0.5, 0.6) is 0 Å². The quantitative estimate of drug-likeness (QED) is 0.842. The van der Waals surface area contributed by atoms with Crippen LogP contribution in [0.4, 0.5) is 0 Å². The van der Waals surface area contributed by atoms with Gasteiger partial charge in [0.2, 0.25) is 0 Å². The van der Waals surface area contributed by atoms with Crippen molar-refractivity contribution in [1.29, 1.82) is 0 Å². The molecule has 0 amide bonds. The van der Waals surface area contributed by atoms with Crippen LogP contribution >= 0.6 is 11.8 Å². The second kappa shape index (κ2) is 6.29. The third-order valence-corrected chi connectivity index (χ3v) is 5.24. The number of benzene rings is 1. The molecule has 1 aromatic rings. The van der Waals surface area contributed by atoms with Crippen molar-refractivity contribution in [3.8, 4) is 0 Å². The van der Waals surface area contributed by atoms with Crippen LogP contribution in [0.1, 0.15) is 23.6 Å². The monoisotopic (exact) mass is 277 g/mol. The van der Waals surface area contributed by atoms with Gasteiger partial charge in [0.1, 0.15) is 0 Å². The van der Waals surface area contributed by atoms with Gasteiger partial charge in [0.15, 0.2) is 0 Å². The molecule has 0 N–H and O–H groups in total. The lowest BCUT2D eigenvalue weighted by Gasteiger charge is -2.37. The minimum atomic E-state index is 0.597. The Morgan fingerprint density at radius 2 is 2.16 bits per heavy atom. The lowest BCUT2D eigenvalue weighted by Crippen LogP contribution is -2.39. The van der Waals surface area contributed by atoms with Gasteiger partial charge in [-0.05, 0) is 24.8 Å². The molecular formula is C16H23NOS. The number of thioether (sulfide) groups is 1. The number of hydrogen-bond donors (Lipinski definition) is 0. The molecule has 0 unspecified atom stereocenters. The maximum atomic E-state index is 5.52. The van der Waals surface area contributed by atoms with E-state index in [1.165, 1.54) is 42.1 Å². The molecule has 0 bridgehead atoms. The van der Waals surface area contributed by atoms with Crippen molar-refractivity contribution in [2.75, 3.05) is 37.8 Å². The van der Waals surface area contributed by atoms with Crippen LogP contribution in [-0.2, 0) is 4.74 Å². The predicted octanol–water partition coefficient (Wildman–Crippen LogP) is 3.12. The third-order valence-electron chi connectivity index (χ3n) is 4.22. The summed E-state index contributed by atoms with van der Waals surface area (Å²) in [6.07, 6.45) is 1.24. The summed E-state index contributed by atoms with van der Waals surface area (Å²) in [7, 11) is 0. The molecule has 19 heavy (non-hydrogen) atoms. The van der Waals surface area contributed by atoms with E-state index in [4.69, 9.17) is 4.74 Å². The molecule has 2 fully saturated rings. The number of rotatable bonds is 3. The molecule has 0 radical (unpaired) electrons. The zero-order valence-electron chi connectivity index (χ0n) is 11.7. The van der Waals surface area contributed by atoms with Crippen molar-refractivity contribution in [1.82, 2.24) is 4.90 Å². The summed E-state index contributed by atoms with van der Waals surface area (Å²) in [5.41, 5.74) is 2.83. The third kappa shape index (κ3) is 3.33. The molecule has 2 aliphatic rings. The standard InChI is InChI=1S/C16H23NOS/c1-13-2-4-15(5-3-13)16-12-19-9-7-17(16)10-14-6-8-18-11-14/h2-5,14,16H,6-12H2,1H3/t14-,16+/m1/s1. The van der Waals surface area contributed by atoms with Crippen molar-refractivity contribution in [3.05, 3.63) is 35.4 Å². The Labute approximate surface area is 120 Å². The van der Waals surface area contributed by atoms with Gasteiger partial charge in [0.05, 0.1) is 6.61 Å². The molecule has 3 rings (SSSR count). The van der Waals surface area contributed by atoms with E-state index in [0.29, 0.717) is 6.04 Å². The molecule has 2 saturated heterocycles. The van der Waals surface area contributed by atoms with Gasteiger partial charge >= 0.3 is 0 Å². The summed E-state index contributed by atoms with van der Waals surface area (Å²) >= 11 is 2.09. The molecule has 0 aromatic heterocycles. The maximum Gasteiger partial charge on any atom is 0.0507 e. The second-order valence-electron chi connectivity index (χ2n) is 5.73. The minimum absolute atomic E-state index is 0.597. The van der Waals surface area contributed by atoms with Crippen molar-refractivity contribution in [2.45, 2.75) is 19.4 Å². The molecule has 2 aliphatic heterocycles. The van der Waals surface area contributed by atoms with E-state index in [1.807, 2.05) is 0 Å². The van der Waals surface area contributed by atoms with E-state index in [0.717, 1.165) is 19.1 Å². The minimum Gasteiger partial charge on any atom is -0.381 e. The zero-order valence-corrected chi connectivity index (χ0v) is 12.5. The van der Waals surface area contributed by atoms with E-state index >= 15 is 0 Å². The molecule has 1 aromatic carbocycles. The molecule has 2 nitrogen and oxygen atoms in total. The number of nitrogens with zero attached hydrogens (tertiary/aromatic N) is 1. The van der Waals surface area contributed by atoms with E-state index < -0.39 is 0 Å². The highest BCUT2D eigenvalue weighted by atomic mass is 32.2. The predicted molar refractivity (Wildman–Crippen MR) is 81.7 cm³/mol. The topological polar surface area (TPSA) is 12.5 Å². The molecule has 3 heteroatoms. The normalized spacial score (nSPS) is 28.7. The maximum absolute atomic E-state index is 5.52. The van der Waals surface area contributed by atoms with Gasteiger partial charge in [-0.2, -0.15) is 11.8 Å². The Balaban J connectivity index is 1.70. The molecule has 0 aliphatic carbocycles. The van der Waals surface area contributed by atoms with E-state index in [-0.39, 0.29) is 0 Å². The summed E-state index contributed by atoms with van der Waals surface area (Å²) in [6, 6.07) is 9.70. The van der Waals surface area contributed by atoms with Gasteiger partial charge in [-0.3, -0.25) is 4.90 Å². The Morgan fingerprint density at radius 1 is 1.32 bits per heavy atom. The van der Waals surface area contributed by atoms with E-state index in [9.17, 15) is 0 Å². The van der Waals surface area contributed by atoms with Crippen LogP contribution in [0, 0.1) is 12.8 Å². The molecule has 104 valence electrons. The van der Waals surface area contributed by atoms with Crippen LogP contribution in [0.25, 0.3) is 0 Å². The second-order valence-corrected chi connectivity index (χ2v) is 6.88. The first kappa shape index (κ1) is 13.5. The first-order chi connectivity index (χ1) is 9.33. The Morgan fingerprint density at radius 3 is 2.89 bits per heavy atom. The Bertz CT molecular complexity index is 400. The van der Waals surface area contributed by atoms with Crippen molar-refractivity contribution < 1.29 is 4.74 Å². The van der Waals surface area contributed by atoms with Crippen LogP contribution < -0.4 is 0 Å². The van der Waals surface area contributed by atoms with E-state index in [1.54, 1.807) is 0 Å². The van der Waals surface area contributed by atoms with Gasteiger partial charge in [-0.1, -0.05) is 29.8 Å². The van der Waals surface area contributed by atoms with Gasteiger partial charge in [0.25, 0.3) is 0 Å². The highest BCUT2D eigenvalue weighted by Gasteiger charge is 2.27. The summed E-state index contributed by atoms with van der Waals surface area (Å²) in [4.78, 5) is 2.68. The molecule has 0 saturated carbocycles. The fraction of sp³-hybridized carbons (Fsp3) is 0.625. The fourth-order valence-corrected chi connectivity index (χ4v) is 4.17. The zero-order chi connectivity index (χ0) is 13.1. The highest BCUT2D eigenvalue weighted by Crippen LogP contribution is 2.31. The molecule has 2 heterocycles. The van der Waals surface area contributed by atoms with Crippen LogP contribution in [0.15, 0.2) is 24.3 Å². The fourth-order valence-electron chi connectivity index (χ4n) is 3.01. The van der Waals surface area contributed by atoms with Gasteiger partial charge in [-0.15, -0.1) is 0 Å². The Hall–Kier alpha value is -0.510. The SMILES string of the molecule is Cc1ccc([C@@H]2CSCCN2C[C@H]2CCOC2)cc1. The number of ether oxygens (including phenoxy) is 1. The first-order valence-electron chi connectivity index (χ1n) is 7.29. The van der Waals surface area contributed by atoms with Gasteiger partial charge in [0, 0.05) is 37.2 Å². The lowest BCUT2D eigenvalue weighted by atomic mass is 10.0. The van der Waals surface area contributed by atoms with Crippen molar-refractivity contribution in [2.24, 2.45) is 5.92 Å². The van der Waals surface area contributed by atoms with Crippen molar-refractivity contribution >= 4 is 11.8 Å².